The maximum absolute atomic E-state index is 13.0. The van der Waals surface area contributed by atoms with E-state index in [0.717, 1.165) is 11.1 Å². The Labute approximate surface area is 177 Å². The SMILES string of the molecule is COC(=O)c1ccc(C2OC(=O)N3c4cc(Cl)ccc4Oc4ccccc4C23)cc1. The highest BCUT2D eigenvalue weighted by Crippen LogP contribution is 2.53. The number of ether oxygens (including phenoxy) is 3. The zero-order valence-corrected chi connectivity index (χ0v) is 16.6. The molecule has 0 spiro atoms. The number of fused-ring (bicyclic) bond motifs is 5. The van der Waals surface area contributed by atoms with Gasteiger partial charge in [-0.25, -0.2) is 9.59 Å². The monoisotopic (exact) mass is 421 g/mol. The number of hydrogen-bond acceptors (Lipinski definition) is 5. The van der Waals surface area contributed by atoms with Crippen molar-refractivity contribution in [2.45, 2.75) is 12.1 Å². The maximum Gasteiger partial charge on any atom is 0.415 e. The van der Waals surface area contributed by atoms with Crippen molar-refractivity contribution in [1.82, 2.24) is 0 Å². The highest BCUT2D eigenvalue weighted by molar-refractivity contribution is 6.31. The first-order valence-electron chi connectivity index (χ1n) is 9.31. The van der Waals surface area contributed by atoms with Crippen molar-refractivity contribution >= 4 is 29.4 Å². The summed E-state index contributed by atoms with van der Waals surface area (Å²) in [7, 11) is 1.33. The lowest BCUT2D eigenvalue weighted by Crippen LogP contribution is -2.27. The molecule has 2 heterocycles. The molecule has 1 fully saturated rings. The summed E-state index contributed by atoms with van der Waals surface area (Å²) in [5.41, 5.74) is 2.54. The van der Waals surface area contributed by atoms with E-state index in [4.69, 9.17) is 25.8 Å². The molecule has 0 aromatic heterocycles. The Morgan fingerprint density at radius 3 is 2.57 bits per heavy atom. The van der Waals surface area contributed by atoms with E-state index in [1.165, 1.54) is 7.11 Å². The quantitative estimate of drug-likeness (QED) is 0.499. The third-order valence-corrected chi connectivity index (χ3v) is 5.52. The molecule has 1 saturated heterocycles. The molecular weight excluding hydrogens is 406 g/mol. The van der Waals surface area contributed by atoms with Gasteiger partial charge in [0.05, 0.1) is 18.4 Å². The predicted molar refractivity (Wildman–Crippen MR) is 110 cm³/mol. The van der Waals surface area contributed by atoms with E-state index in [-0.39, 0.29) is 0 Å². The van der Waals surface area contributed by atoms with Gasteiger partial charge in [-0.15, -0.1) is 0 Å². The first-order valence-corrected chi connectivity index (χ1v) is 9.69. The molecule has 0 radical (unpaired) electrons. The average molecular weight is 422 g/mol. The standard InChI is InChI=1S/C23H16ClNO5/c1-28-22(26)14-8-6-13(7-9-14)21-20-16-4-2-3-5-18(16)29-19-11-10-15(24)12-17(19)25(20)23(27)30-21/h2-12,20-21H,1H3. The normalized spacial score (nSPS) is 19.0. The lowest BCUT2D eigenvalue weighted by molar-refractivity contribution is 0.0600. The molecule has 3 aromatic carbocycles. The number of halogens is 1. The van der Waals surface area contributed by atoms with Crippen LogP contribution in [0, 0.1) is 0 Å². The van der Waals surface area contributed by atoms with Crippen molar-refractivity contribution < 1.29 is 23.8 Å². The van der Waals surface area contributed by atoms with Gasteiger partial charge in [0.1, 0.15) is 11.8 Å². The lowest BCUT2D eigenvalue weighted by Gasteiger charge is -2.24. The Morgan fingerprint density at radius 1 is 1.03 bits per heavy atom. The number of benzene rings is 3. The predicted octanol–water partition coefficient (Wildman–Crippen LogP) is 5.67. The van der Waals surface area contributed by atoms with Crippen molar-refractivity contribution in [3.63, 3.8) is 0 Å². The molecule has 30 heavy (non-hydrogen) atoms. The molecule has 2 aliphatic rings. The van der Waals surface area contributed by atoms with Crippen LogP contribution in [0.2, 0.25) is 5.02 Å². The van der Waals surface area contributed by atoms with Crippen molar-refractivity contribution in [3.8, 4) is 11.5 Å². The van der Waals surface area contributed by atoms with Gasteiger partial charge in [0.25, 0.3) is 0 Å². The maximum atomic E-state index is 13.0. The number of rotatable bonds is 2. The third-order valence-electron chi connectivity index (χ3n) is 5.29. The number of cyclic esters (lactones) is 1. The van der Waals surface area contributed by atoms with Crippen LogP contribution in [0.5, 0.6) is 11.5 Å². The summed E-state index contributed by atoms with van der Waals surface area (Å²) in [6.45, 7) is 0. The van der Waals surface area contributed by atoms with Gasteiger partial charge < -0.3 is 14.2 Å². The Bertz CT molecular complexity index is 1160. The topological polar surface area (TPSA) is 65.1 Å². The van der Waals surface area contributed by atoms with E-state index in [2.05, 4.69) is 0 Å². The number of nitrogens with zero attached hydrogens (tertiary/aromatic N) is 1. The molecule has 1 amide bonds. The molecule has 150 valence electrons. The van der Waals surface area contributed by atoms with Crippen LogP contribution in [-0.2, 0) is 9.47 Å². The lowest BCUT2D eigenvalue weighted by atomic mass is 9.94. The van der Waals surface area contributed by atoms with Gasteiger partial charge in [-0.05, 0) is 42.0 Å². The van der Waals surface area contributed by atoms with Crippen molar-refractivity contribution in [3.05, 3.63) is 88.4 Å². The first kappa shape index (κ1) is 18.5. The summed E-state index contributed by atoms with van der Waals surface area (Å²) >= 11 is 6.22. The number of para-hydroxylation sites is 1. The van der Waals surface area contributed by atoms with Gasteiger partial charge in [0.2, 0.25) is 0 Å². The second-order valence-corrected chi connectivity index (χ2v) is 7.42. The van der Waals surface area contributed by atoms with Gasteiger partial charge in [-0.3, -0.25) is 4.90 Å². The second-order valence-electron chi connectivity index (χ2n) is 6.98. The number of hydrogen-bond donors (Lipinski definition) is 0. The summed E-state index contributed by atoms with van der Waals surface area (Å²) < 4.78 is 16.7. The highest BCUT2D eigenvalue weighted by atomic mass is 35.5. The van der Waals surface area contributed by atoms with Gasteiger partial charge in [-0.2, -0.15) is 0 Å². The summed E-state index contributed by atoms with van der Waals surface area (Å²) in [5, 5.41) is 0.487. The molecule has 3 aromatic rings. The third kappa shape index (κ3) is 2.88. The van der Waals surface area contributed by atoms with Crippen molar-refractivity contribution in [1.29, 1.82) is 0 Å². The minimum absolute atomic E-state index is 0.421. The van der Waals surface area contributed by atoms with E-state index in [9.17, 15) is 9.59 Å². The number of anilines is 1. The van der Waals surface area contributed by atoms with Gasteiger partial charge in [-0.1, -0.05) is 41.9 Å². The molecule has 2 aliphatic heterocycles. The average Bonchev–Trinajstić information content (AvgIpc) is 3.03. The summed E-state index contributed by atoms with van der Waals surface area (Å²) in [6, 6.07) is 19.1. The Balaban J connectivity index is 1.65. The molecular formula is C23H16ClNO5. The largest absolute Gasteiger partial charge is 0.465 e. The molecule has 0 saturated carbocycles. The van der Waals surface area contributed by atoms with Crippen molar-refractivity contribution in [2.75, 3.05) is 12.0 Å². The first-order chi connectivity index (χ1) is 14.6. The molecule has 0 bridgehead atoms. The van der Waals surface area contributed by atoms with Crippen molar-refractivity contribution in [2.24, 2.45) is 0 Å². The van der Waals surface area contributed by atoms with E-state index >= 15 is 0 Å². The fraction of sp³-hybridized carbons (Fsp3) is 0.130. The summed E-state index contributed by atoms with van der Waals surface area (Å²) in [6.07, 6.45) is -1.09. The molecule has 5 rings (SSSR count). The van der Waals surface area contributed by atoms with Gasteiger partial charge >= 0.3 is 12.1 Å². The molecule has 2 atom stereocenters. The van der Waals surface area contributed by atoms with Gasteiger partial charge in [0, 0.05) is 10.6 Å². The zero-order valence-electron chi connectivity index (χ0n) is 15.9. The summed E-state index contributed by atoms with van der Waals surface area (Å²) in [4.78, 5) is 26.3. The van der Waals surface area contributed by atoms with Crippen LogP contribution in [0.3, 0.4) is 0 Å². The van der Waals surface area contributed by atoms with Gasteiger partial charge in [0.15, 0.2) is 11.9 Å². The fourth-order valence-electron chi connectivity index (χ4n) is 3.91. The van der Waals surface area contributed by atoms with E-state index < -0.39 is 24.2 Å². The molecule has 7 heteroatoms. The van der Waals surface area contributed by atoms with Crippen LogP contribution < -0.4 is 9.64 Å². The Morgan fingerprint density at radius 2 is 1.80 bits per heavy atom. The molecule has 0 aliphatic carbocycles. The Hall–Kier alpha value is -3.51. The van der Waals surface area contributed by atoms with Crippen LogP contribution in [0.15, 0.2) is 66.7 Å². The van der Waals surface area contributed by atoms with Crippen LogP contribution in [0.1, 0.15) is 33.6 Å². The van der Waals surface area contributed by atoms with Crippen LogP contribution in [0.25, 0.3) is 0 Å². The number of esters is 1. The minimum atomic E-state index is -0.598. The number of methoxy groups -OCH3 is 1. The number of amides is 1. The zero-order chi connectivity index (χ0) is 20.8. The fourth-order valence-corrected chi connectivity index (χ4v) is 4.07. The minimum Gasteiger partial charge on any atom is -0.465 e. The van der Waals surface area contributed by atoms with E-state index in [0.29, 0.717) is 27.8 Å². The number of carbonyl (C=O) groups excluding carboxylic acids is 2. The van der Waals surface area contributed by atoms with E-state index in [1.807, 2.05) is 24.3 Å². The van der Waals surface area contributed by atoms with Crippen LogP contribution >= 0.6 is 11.6 Å². The van der Waals surface area contributed by atoms with Crippen LogP contribution in [0.4, 0.5) is 10.5 Å². The highest BCUT2D eigenvalue weighted by Gasteiger charge is 2.48. The second kappa shape index (κ2) is 7.07. The molecule has 2 unspecified atom stereocenters. The smallest absolute Gasteiger partial charge is 0.415 e. The van der Waals surface area contributed by atoms with Crippen LogP contribution in [-0.4, -0.2) is 19.2 Å². The number of carbonyl (C=O) groups is 2. The summed E-state index contributed by atoms with van der Waals surface area (Å²) in [5.74, 6) is 0.736. The van der Waals surface area contributed by atoms with E-state index in [1.54, 1.807) is 47.4 Å². The molecule has 6 nitrogen and oxygen atoms in total. The molecule has 0 N–H and O–H groups in total. The Kier molecular flexibility index (Phi) is 4.37.